The maximum absolute atomic E-state index is 12.6. The number of furan rings is 1. The fourth-order valence-electron chi connectivity index (χ4n) is 4.35. The van der Waals surface area contributed by atoms with Gasteiger partial charge in [-0.15, -0.1) is 0 Å². The number of para-hydroxylation sites is 1. The maximum atomic E-state index is 12.6. The molecule has 27 heavy (non-hydrogen) atoms. The first kappa shape index (κ1) is 17.6. The van der Waals surface area contributed by atoms with Crippen molar-refractivity contribution in [1.29, 1.82) is 5.26 Å². The van der Waals surface area contributed by atoms with Gasteiger partial charge in [-0.25, -0.2) is 0 Å². The minimum absolute atomic E-state index is 0.00637. The fraction of sp³-hybridized carbons (Fsp3) is 0.450. The first-order valence-electron chi connectivity index (χ1n) is 9.31. The molecular formula is C20H22N4O3. The highest BCUT2D eigenvalue weighted by Crippen LogP contribution is 2.37. The molecule has 0 radical (unpaired) electrons. The van der Waals surface area contributed by atoms with E-state index in [1.807, 2.05) is 24.3 Å². The van der Waals surface area contributed by atoms with Crippen LogP contribution in [0.2, 0.25) is 0 Å². The summed E-state index contributed by atoms with van der Waals surface area (Å²) in [6, 6.07) is 9.47. The summed E-state index contributed by atoms with van der Waals surface area (Å²) in [6.45, 7) is 2.39. The monoisotopic (exact) mass is 366 g/mol. The molecule has 0 aliphatic carbocycles. The molecule has 1 aromatic heterocycles. The number of likely N-dealkylation sites (tertiary alicyclic amines) is 2. The van der Waals surface area contributed by atoms with Crippen LogP contribution in [0.5, 0.6) is 0 Å². The molecule has 1 aromatic carbocycles. The molecule has 4 rings (SSSR count). The van der Waals surface area contributed by atoms with Crippen molar-refractivity contribution in [3.8, 4) is 6.07 Å². The highest BCUT2D eigenvalue weighted by Gasteiger charge is 2.34. The number of nitriles is 1. The van der Waals surface area contributed by atoms with Crippen molar-refractivity contribution in [3.63, 3.8) is 0 Å². The number of hydrogen-bond donors (Lipinski definition) is 1. The molecule has 2 N–H and O–H groups in total. The second-order valence-electron chi connectivity index (χ2n) is 7.30. The third-order valence-corrected chi connectivity index (χ3v) is 5.62. The lowest BCUT2D eigenvalue weighted by Gasteiger charge is -2.23. The van der Waals surface area contributed by atoms with E-state index in [-0.39, 0.29) is 23.6 Å². The minimum atomic E-state index is -0.565. The average molecular weight is 366 g/mol. The molecule has 0 saturated carbocycles. The van der Waals surface area contributed by atoms with Crippen LogP contribution in [0.3, 0.4) is 0 Å². The van der Waals surface area contributed by atoms with E-state index in [2.05, 4.69) is 11.0 Å². The quantitative estimate of drug-likeness (QED) is 0.889. The molecule has 2 aliphatic heterocycles. The molecular weight excluding hydrogens is 344 g/mol. The molecule has 0 unspecified atom stereocenters. The Morgan fingerprint density at radius 1 is 1.26 bits per heavy atom. The molecule has 0 spiro atoms. The van der Waals surface area contributed by atoms with Gasteiger partial charge in [0.05, 0.1) is 12.6 Å². The molecule has 2 aromatic rings. The summed E-state index contributed by atoms with van der Waals surface area (Å²) in [6.07, 6.45) is 2.47. The van der Waals surface area contributed by atoms with E-state index < -0.39 is 5.91 Å². The van der Waals surface area contributed by atoms with Gasteiger partial charge >= 0.3 is 0 Å². The Labute approximate surface area is 157 Å². The molecule has 2 fully saturated rings. The molecule has 2 atom stereocenters. The zero-order valence-corrected chi connectivity index (χ0v) is 15.1. The second kappa shape index (κ2) is 7.05. The number of benzene rings is 1. The van der Waals surface area contributed by atoms with Crippen LogP contribution in [0.4, 0.5) is 0 Å². The van der Waals surface area contributed by atoms with Gasteiger partial charge in [0.25, 0.3) is 5.91 Å². The van der Waals surface area contributed by atoms with E-state index in [1.54, 1.807) is 4.90 Å². The smallest absolute Gasteiger partial charge is 0.284 e. The normalized spacial score (nSPS) is 23.0. The van der Waals surface area contributed by atoms with Gasteiger partial charge in [-0.2, -0.15) is 5.26 Å². The Bertz CT molecular complexity index is 929. The first-order chi connectivity index (χ1) is 13.1. The molecule has 3 heterocycles. The van der Waals surface area contributed by atoms with Crippen LogP contribution >= 0.6 is 0 Å². The van der Waals surface area contributed by atoms with Gasteiger partial charge in [-0.3, -0.25) is 14.5 Å². The average Bonchev–Trinajstić information content (AvgIpc) is 3.38. The third-order valence-electron chi connectivity index (χ3n) is 5.62. The van der Waals surface area contributed by atoms with E-state index in [0.717, 1.165) is 36.8 Å². The predicted octanol–water partition coefficient (Wildman–Crippen LogP) is 1.84. The van der Waals surface area contributed by atoms with Crippen LogP contribution in [-0.2, 0) is 4.79 Å². The number of hydrogen-bond acceptors (Lipinski definition) is 5. The van der Waals surface area contributed by atoms with Crippen molar-refractivity contribution in [3.05, 3.63) is 35.6 Å². The van der Waals surface area contributed by atoms with E-state index in [9.17, 15) is 14.9 Å². The number of carbonyl (C=O) groups excluding carboxylic acids is 2. The summed E-state index contributed by atoms with van der Waals surface area (Å²) < 4.78 is 5.69. The zero-order valence-electron chi connectivity index (χ0n) is 15.1. The number of fused-ring (bicyclic) bond motifs is 1. The molecule has 0 bridgehead atoms. The van der Waals surface area contributed by atoms with Crippen LogP contribution in [0.1, 0.15) is 41.3 Å². The lowest BCUT2D eigenvalue weighted by atomic mass is 9.95. The van der Waals surface area contributed by atoms with Gasteiger partial charge in [0, 0.05) is 30.0 Å². The SMILES string of the molecule is N#C[C@@H]1CCCN1C(=O)CN1CC[C@@H](c2c(C(N)=O)oc3ccccc23)C1. The van der Waals surface area contributed by atoms with Gasteiger partial charge in [0.15, 0.2) is 5.76 Å². The summed E-state index contributed by atoms with van der Waals surface area (Å²) in [4.78, 5) is 28.2. The molecule has 7 heteroatoms. The van der Waals surface area contributed by atoms with Gasteiger partial charge < -0.3 is 15.1 Å². The molecule has 140 valence electrons. The van der Waals surface area contributed by atoms with Gasteiger partial charge in [-0.1, -0.05) is 18.2 Å². The lowest BCUT2D eigenvalue weighted by molar-refractivity contribution is -0.132. The highest BCUT2D eigenvalue weighted by molar-refractivity contribution is 5.98. The standard InChI is InChI=1S/C20H22N4O3/c21-10-14-4-3-8-24(14)17(25)12-23-9-7-13(11-23)18-15-5-1-2-6-16(15)27-19(18)20(22)26/h1-2,5-6,13-14H,3-4,7-9,11-12H2,(H2,22,26)/t13-,14+/m1/s1. The summed E-state index contributed by atoms with van der Waals surface area (Å²) in [7, 11) is 0. The number of carbonyl (C=O) groups is 2. The Morgan fingerprint density at radius 3 is 2.85 bits per heavy atom. The van der Waals surface area contributed by atoms with Crippen LogP contribution < -0.4 is 5.73 Å². The van der Waals surface area contributed by atoms with E-state index in [4.69, 9.17) is 10.2 Å². The number of rotatable bonds is 4. The van der Waals surface area contributed by atoms with Gasteiger partial charge in [-0.05, 0) is 31.9 Å². The van der Waals surface area contributed by atoms with E-state index in [0.29, 0.717) is 25.2 Å². The Kier molecular flexibility index (Phi) is 4.58. The summed E-state index contributed by atoms with van der Waals surface area (Å²) >= 11 is 0. The summed E-state index contributed by atoms with van der Waals surface area (Å²) in [5.74, 6) is -0.246. The van der Waals surface area contributed by atoms with Gasteiger partial charge in [0.2, 0.25) is 5.91 Å². The molecule has 2 amide bonds. The highest BCUT2D eigenvalue weighted by atomic mass is 16.3. The van der Waals surface area contributed by atoms with E-state index >= 15 is 0 Å². The van der Waals surface area contributed by atoms with Crippen molar-refractivity contribution in [2.75, 3.05) is 26.2 Å². The molecule has 7 nitrogen and oxygen atoms in total. The van der Waals surface area contributed by atoms with Crippen molar-refractivity contribution in [2.24, 2.45) is 5.73 Å². The molecule has 2 aliphatic rings. The number of amides is 2. The van der Waals surface area contributed by atoms with Crippen molar-refractivity contribution < 1.29 is 14.0 Å². The zero-order chi connectivity index (χ0) is 19.0. The van der Waals surface area contributed by atoms with Crippen molar-refractivity contribution >= 4 is 22.8 Å². The van der Waals surface area contributed by atoms with Crippen LogP contribution in [0.15, 0.2) is 28.7 Å². The molecule has 2 saturated heterocycles. The maximum Gasteiger partial charge on any atom is 0.284 e. The summed E-state index contributed by atoms with van der Waals surface area (Å²) in [5, 5.41) is 10.1. The van der Waals surface area contributed by atoms with Crippen LogP contribution in [0.25, 0.3) is 11.0 Å². The predicted molar refractivity (Wildman–Crippen MR) is 98.9 cm³/mol. The minimum Gasteiger partial charge on any atom is -0.451 e. The Hall–Kier alpha value is -2.85. The van der Waals surface area contributed by atoms with E-state index in [1.165, 1.54) is 0 Å². The number of primary amides is 1. The summed E-state index contributed by atoms with van der Waals surface area (Å²) in [5.41, 5.74) is 7.05. The fourth-order valence-corrected chi connectivity index (χ4v) is 4.35. The largest absolute Gasteiger partial charge is 0.451 e. The van der Waals surface area contributed by atoms with Crippen molar-refractivity contribution in [2.45, 2.75) is 31.2 Å². The lowest BCUT2D eigenvalue weighted by Crippen LogP contribution is -2.41. The Morgan fingerprint density at radius 2 is 2.07 bits per heavy atom. The van der Waals surface area contributed by atoms with Crippen molar-refractivity contribution in [1.82, 2.24) is 9.80 Å². The first-order valence-corrected chi connectivity index (χ1v) is 9.31. The van der Waals surface area contributed by atoms with Crippen LogP contribution in [-0.4, -0.2) is 53.8 Å². The number of nitrogens with zero attached hydrogens (tertiary/aromatic N) is 3. The van der Waals surface area contributed by atoms with Crippen LogP contribution in [0, 0.1) is 11.3 Å². The second-order valence-corrected chi connectivity index (χ2v) is 7.30. The van der Waals surface area contributed by atoms with Gasteiger partial charge in [0.1, 0.15) is 11.6 Å². The number of nitrogens with two attached hydrogens (primary N) is 1. The topological polar surface area (TPSA) is 104 Å². The third kappa shape index (κ3) is 3.17. The Balaban J connectivity index is 1.51.